The van der Waals surface area contributed by atoms with Gasteiger partial charge in [0.25, 0.3) is 0 Å². The zero-order chi connectivity index (χ0) is 19.6. The van der Waals surface area contributed by atoms with E-state index in [2.05, 4.69) is 5.32 Å². The van der Waals surface area contributed by atoms with E-state index in [1.807, 2.05) is 20.2 Å². The standard InChI is InChI=1S/C20H22FN3O2S/c1-23(2)20(27)22-16-10-14-6-4-8-19(26)24(17(14)11-18(16)25)12-13-5-3-7-15(21)9-13/h3,5,7,9-11,25H,4,6,8,12H2,1-2H3,(H,22,27). The van der Waals surface area contributed by atoms with E-state index in [1.165, 1.54) is 12.1 Å². The summed E-state index contributed by atoms with van der Waals surface area (Å²) in [6.07, 6.45) is 1.84. The van der Waals surface area contributed by atoms with Crippen molar-refractivity contribution in [2.24, 2.45) is 0 Å². The number of phenols is 1. The molecule has 0 fully saturated rings. The van der Waals surface area contributed by atoms with E-state index >= 15 is 0 Å². The quantitative estimate of drug-likeness (QED) is 0.622. The highest BCUT2D eigenvalue weighted by atomic mass is 32.1. The minimum absolute atomic E-state index is 0.0110. The van der Waals surface area contributed by atoms with Crippen molar-refractivity contribution in [3.63, 3.8) is 0 Å². The Morgan fingerprint density at radius 1 is 1.30 bits per heavy atom. The van der Waals surface area contributed by atoms with Gasteiger partial charge in [-0.2, -0.15) is 0 Å². The average molecular weight is 387 g/mol. The molecule has 0 radical (unpaired) electrons. The molecule has 3 rings (SSSR count). The van der Waals surface area contributed by atoms with E-state index in [0.717, 1.165) is 5.56 Å². The lowest BCUT2D eigenvalue weighted by molar-refractivity contribution is -0.118. The molecule has 0 aliphatic carbocycles. The fraction of sp³-hybridized carbons (Fsp3) is 0.300. The maximum absolute atomic E-state index is 13.5. The van der Waals surface area contributed by atoms with Crippen LogP contribution in [0, 0.1) is 5.82 Å². The van der Waals surface area contributed by atoms with E-state index < -0.39 is 0 Å². The molecule has 142 valence electrons. The molecule has 2 aromatic carbocycles. The van der Waals surface area contributed by atoms with Gasteiger partial charge in [0.2, 0.25) is 5.91 Å². The number of rotatable bonds is 3. The first-order chi connectivity index (χ1) is 12.8. The fourth-order valence-electron chi connectivity index (χ4n) is 3.09. The molecule has 0 unspecified atom stereocenters. The molecule has 1 amide bonds. The van der Waals surface area contributed by atoms with E-state index in [1.54, 1.807) is 28.0 Å². The molecular formula is C20H22FN3O2S. The Balaban J connectivity index is 1.96. The summed E-state index contributed by atoms with van der Waals surface area (Å²) < 4.78 is 13.5. The highest BCUT2D eigenvalue weighted by Crippen LogP contribution is 2.36. The number of halogens is 1. The van der Waals surface area contributed by atoms with Crippen LogP contribution in [0.25, 0.3) is 0 Å². The molecule has 1 aliphatic heterocycles. The number of carbonyl (C=O) groups excluding carboxylic acids is 1. The smallest absolute Gasteiger partial charge is 0.227 e. The van der Waals surface area contributed by atoms with Crippen LogP contribution in [0.3, 0.4) is 0 Å². The van der Waals surface area contributed by atoms with E-state index in [0.29, 0.717) is 41.3 Å². The summed E-state index contributed by atoms with van der Waals surface area (Å²) in [6.45, 7) is 0.256. The third kappa shape index (κ3) is 4.36. The molecular weight excluding hydrogens is 365 g/mol. The van der Waals surface area contributed by atoms with Crippen molar-refractivity contribution < 1.29 is 14.3 Å². The molecule has 1 aliphatic rings. The number of hydrogen-bond donors (Lipinski definition) is 2. The maximum atomic E-state index is 13.5. The van der Waals surface area contributed by atoms with Crippen molar-refractivity contribution in [1.82, 2.24) is 4.90 Å². The lowest BCUT2D eigenvalue weighted by Crippen LogP contribution is -2.30. The van der Waals surface area contributed by atoms with Crippen LogP contribution < -0.4 is 10.2 Å². The monoisotopic (exact) mass is 387 g/mol. The van der Waals surface area contributed by atoms with E-state index in [-0.39, 0.29) is 24.0 Å². The van der Waals surface area contributed by atoms with Crippen LogP contribution in [-0.2, 0) is 17.8 Å². The van der Waals surface area contributed by atoms with E-state index in [9.17, 15) is 14.3 Å². The highest BCUT2D eigenvalue weighted by molar-refractivity contribution is 7.80. The third-order valence-electron chi connectivity index (χ3n) is 4.50. The lowest BCUT2D eigenvalue weighted by Gasteiger charge is -2.25. The van der Waals surface area contributed by atoms with Crippen molar-refractivity contribution >= 4 is 34.6 Å². The predicted octanol–water partition coefficient (Wildman–Crippen LogP) is 3.66. The first-order valence-electron chi connectivity index (χ1n) is 8.74. The Morgan fingerprint density at radius 2 is 2.07 bits per heavy atom. The van der Waals surface area contributed by atoms with Gasteiger partial charge in [-0.1, -0.05) is 12.1 Å². The van der Waals surface area contributed by atoms with Crippen LogP contribution in [0.4, 0.5) is 15.8 Å². The molecule has 5 nitrogen and oxygen atoms in total. The summed E-state index contributed by atoms with van der Waals surface area (Å²) in [5.74, 6) is -0.367. The van der Waals surface area contributed by atoms with Gasteiger partial charge in [-0.25, -0.2) is 4.39 Å². The summed E-state index contributed by atoms with van der Waals surface area (Å²) in [4.78, 5) is 16.0. The number of nitrogens with one attached hydrogen (secondary N) is 1. The number of benzene rings is 2. The Morgan fingerprint density at radius 3 is 2.78 bits per heavy atom. The van der Waals surface area contributed by atoms with Gasteiger partial charge >= 0.3 is 0 Å². The second kappa shape index (κ2) is 7.92. The van der Waals surface area contributed by atoms with Crippen molar-refractivity contribution in [1.29, 1.82) is 0 Å². The van der Waals surface area contributed by atoms with E-state index in [4.69, 9.17) is 12.2 Å². The number of fused-ring (bicyclic) bond motifs is 1. The Bertz CT molecular complexity index is 886. The summed E-state index contributed by atoms with van der Waals surface area (Å²) >= 11 is 5.25. The molecule has 2 N–H and O–H groups in total. The van der Waals surface area contributed by atoms with Crippen molar-refractivity contribution in [3.8, 4) is 5.75 Å². The molecule has 0 bridgehead atoms. The first kappa shape index (κ1) is 19.1. The number of carbonyl (C=O) groups is 1. The summed E-state index contributed by atoms with van der Waals surface area (Å²) in [6, 6.07) is 9.62. The number of nitrogens with zero attached hydrogens (tertiary/aromatic N) is 2. The molecule has 0 saturated carbocycles. The Labute approximate surface area is 163 Å². The van der Waals surface area contributed by atoms with Crippen LogP contribution in [-0.4, -0.2) is 35.1 Å². The number of amides is 1. The van der Waals surface area contributed by atoms with Crippen molar-refractivity contribution in [2.45, 2.75) is 25.8 Å². The van der Waals surface area contributed by atoms with Gasteiger partial charge in [0.1, 0.15) is 11.6 Å². The number of anilines is 2. The van der Waals surface area contributed by atoms with Crippen molar-refractivity contribution in [2.75, 3.05) is 24.3 Å². The van der Waals surface area contributed by atoms with Gasteiger partial charge in [-0.05, 0) is 54.4 Å². The topological polar surface area (TPSA) is 55.8 Å². The fourth-order valence-corrected chi connectivity index (χ4v) is 3.20. The van der Waals surface area contributed by atoms with Crippen LogP contribution in [0.1, 0.15) is 24.0 Å². The predicted molar refractivity (Wildman–Crippen MR) is 109 cm³/mol. The van der Waals surface area contributed by atoms with Crippen LogP contribution in [0.15, 0.2) is 36.4 Å². The second-order valence-electron chi connectivity index (χ2n) is 6.79. The molecule has 27 heavy (non-hydrogen) atoms. The minimum atomic E-state index is -0.338. The molecule has 0 aromatic heterocycles. The molecule has 1 heterocycles. The Hall–Kier alpha value is -2.67. The zero-order valence-corrected chi connectivity index (χ0v) is 16.1. The van der Waals surface area contributed by atoms with Gasteiger partial charge in [0.15, 0.2) is 5.11 Å². The highest BCUT2D eigenvalue weighted by Gasteiger charge is 2.24. The minimum Gasteiger partial charge on any atom is -0.506 e. The number of phenolic OH excluding ortho intramolecular Hbond substituents is 1. The zero-order valence-electron chi connectivity index (χ0n) is 15.3. The largest absolute Gasteiger partial charge is 0.506 e. The molecule has 0 atom stereocenters. The number of aromatic hydroxyl groups is 1. The normalized spacial score (nSPS) is 13.7. The second-order valence-corrected chi connectivity index (χ2v) is 7.17. The maximum Gasteiger partial charge on any atom is 0.227 e. The summed E-state index contributed by atoms with van der Waals surface area (Å²) in [5.41, 5.74) is 2.80. The van der Waals surface area contributed by atoms with Gasteiger partial charge in [0, 0.05) is 26.6 Å². The van der Waals surface area contributed by atoms with Gasteiger partial charge in [-0.15, -0.1) is 0 Å². The number of aryl methyl sites for hydroxylation is 1. The van der Waals surface area contributed by atoms with Gasteiger partial charge < -0.3 is 20.2 Å². The molecule has 0 saturated heterocycles. The van der Waals surface area contributed by atoms with Crippen molar-refractivity contribution in [3.05, 3.63) is 53.3 Å². The SMILES string of the molecule is CN(C)C(=S)Nc1cc2c(cc1O)N(Cc1cccc(F)c1)C(=O)CCC2. The lowest BCUT2D eigenvalue weighted by atomic mass is 10.1. The summed E-state index contributed by atoms with van der Waals surface area (Å²) in [5, 5.41) is 14.0. The third-order valence-corrected chi connectivity index (χ3v) is 4.97. The molecule has 7 heteroatoms. The van der Waals surface area contributed by atoms with Gasteiger partial charge in [-0.3, -0.25) is 4.79 Å². The van der Waals surface area contributed by atoms with Crippen LogP contribution in [0.5, 0.6) is 5.75 Å². The number of thiocarbonyl (C=S) groups is 1. The van der Waals surface area contributed by atoms with Gasteiger partial charge in [0.05, 0.1) is 17.9 Å². The summed E-state index contributed by atoms with van der Waals surface area (Å²) in [7, 11) is 3.63. The molecule has 0 spiro atoms. The average Bonchev–Trinajstić information content (AvgIpc) is 2.75. The van der Waals surface area contributed by atoms with Crippen LogP contribution >= 0.6 is 12.2 Å². The first-order valence-corrected chi connectivity index (χ1v) is 9.15. The number of hydrogen-bond acceptors (Lipinski definition) is 3. The molecule has 2 aromatic rings. The van der Waals surface area contributed by atoms with Crippen LogP contribution in [0.2, 0.25) is 0 Å². The Kier molecular flexibility index (Phi) is 5.60.